The normalized spacial score (nSPS) is 30.9. The van der Waals surface area contributed by atoms with Gasteiger partial charge in [-0.05, 0) is 50.7 Å². The molecular formula is C14H30N2. The molecule has 96 valence electrons. The van der Waals surface area contributed by atoms with Crippen LogP contribution in [0.4, 0.5) is 0 Å². The van der Waals surface area contributed by atoms with E-state index in [1.807, 2.05) is 0 Å². The molecule has 0 aromatic carbocycles. The Morgan fingerprint density at radius 2 is 2.19 bits per heavy atom. The Morgan fingerprint density at radius 3 is 2.75 bits per heavy atom. The van der Waals surface area contributed by atoms with Gasteiger partial charge in [-0.1, -0.05) is 33.1 Å². The first-order chi connectivity index (χ1) is 7.62. The standard InChI is InChI=1S/C14H30N2/c1-4-5-9-16(3)12-14(11-15)8-6-7-13(2)10-14/h13H,4-12,15H2,1-3H3. The Balaban J connectivity index is 2.45. The third kappa shape index (κ3) is 4.06. The van der Waals surface area contributed by atoms with Crippen molar-refractivity contribution in [3.63, 3.8) is 0 Å². The minimum Gasteiger partial charge on any atom is -0.330 e. The van der Waals surface area contributed by atoms with Crippen molar-refractivity contribution in [1.29, 1.82) is 0 Å². The lowest BCUT2D eigenvalue weighted by atomic mass is 9.70. The summed E-state index contributed by atoms with van der Waals surface area (Å²) in [4.78, 5) is 2.49. The van der Waals surface area contributed by atoms with E-state index < -0.39 is 0 Å². The van der Waals surface area contributed by atoms with E-state index in [-0.39, 0.29) is 0 Å². The predicted molar refractivity (Wildman–Crippen MR) is 71.5 cm³/mol. The smallest absolute Gasteiger partial charge is 0.00471 e. The van der Waals surface area contributed by atoms with Crippen LogP contribution in [0.25, 0.3) is 0 Å². The fourth-order valence-corrected chi connectivity index (χ4v) is 3.24. The van der Waals surface area contributed by atoms with E-state index in [1.165, 1.54) is 51.6 Å². The molecule has 2 N–H and O–H groups in total. The second-order valence-electron chi connectivity index (χ2n) is 6.00. The summed E-state index contributed by atoms with van der Waals surface area (Å²) in [7, 11) is 2.26. The Bertz CT molecular complexity index is 193. The van der Waals surface area contributed by atoms with Crippen molar-refractivity contribution in [2.45, 2.75) is 52.4 Å². The van der Waals surface area contributed by atoms with E-state index in [0.717, 1.165) is 12.5 Å². The summed E-state index contributed by atoms with van der Waals surface area (Å²) in [5, 5.41) is 0. The van der Waals surface area contributed by atoms with Crippen molar-refractivity contribution in [2.24, 2.45) is 17.1 Å². The molecule has 1 fully saturated rings. The van der Waals surface area contributed by atoms with E-state index >= 15 is 0 Å². The molecule has 1 aliphatic carbocycles. The van der Waals surface area contributed by atoms with E-state index in [1.54, 1.807) is 0 Å². The molecule has 2 heteroatoms. The first-order valence-electron chi connectivity index (χ1n) is 7.00. The largest absolute Gasteiger partial charge is 0.330 e. The molecule has 0 heterocycles. The molecule has 0 bridgehead atoms. The lowest BCUT2D eigenvalue weighted by Gasteiger charge is -2.41. The molecule has 0 aliphatic heterocycles. The van der Waals surface area contributed by atoms with Gasteiger partial charge < -0.3 is 10.6 Å². The molecule has 2 nitrogen and oxygen atoms in total. The lowest BCUT2D eigenvalue weighted by molar-refractivity contribution is 0.101. The fraction of sp³-hybridized carbons (Fsp3) is 1.00. The van der Waals surface area contributed by atoms with Crippen molar-refractivity contribution >= 4 is 0 Å². The quantitative estimate of drug-likeness (QED) is 0.754. The molecule has 1 saturated carbocycles. The Kier molecular flexibility index (Phi) is 5.77. The van der Waals surface area contributed by atoms with Gasteiger partial charge in [0.1, 0.15) is 0 Å². The zero-order valence-corrected chi connectivity index (χ0v) is 11.5. The topological polar surface area (TPSA) is 29.3 Å². The zero-order valence-electron chi connectivity index (χ0n) is 11.5. The van der Waals surface area contributed by atoms with Crippen molar-refractivity contribution in [2.75, 3.05) is 26.7 Å². The third-order valence-corrected chi connectivity index (χ3v) is 4.12. The van der Waals surface area contributed by atoms with Gasteiger partial charge in [0.05, 0.1) is 0 Å². The summed E-state index contributed by atoms with van der Waals surface area (Å²) in [6.45, 7) is 7.94. The van der Waals surface area contributed by atoms with Crippen LogP contribution in [0.1, 0.15) is 52.4 Å². The van der Waals surface area contributed by atoms with E-state index in [9.17, 15) is 0 Å². The summed E-state index contributed by atoms with van der Waals surface area (Å²) >= 11 is 0. The molecule has 0 aromatic rings. The van der Waals surface area contributed by atoms with Gasteiger partial charge in [0.25, 0.3) is 0 Å². The molecule has 0 spiro atoms. The predicted octanol–water partition coefficient (Wildman–Crippen LogP) is 2.87. The van der Waals surface area contributed by atoms with Gasteiger partial charge >= 0.3 is 0 Å². The van der Waals surface area contributed by atoms with Crippen LogP contribution in [-0.2, 0) is 0 Å². The molecule has 0 saturated heterocycles. The van der Waals surface area contributed by atoms with Crippen LogP contribution in [0.3, 0.4) is 0 Å². The minimum atomic E-state index is 0.417. The van der Waals surface area contributed by atoms with Gasteiger partial charge in [-0.15, -0.1) is 0 Å². The highest BCUT2D eigenvalue weighted by molar-refractivity contribution is 4.88. The minimum absolute atomic E-state index is 0.417. The molecule has 2 atom stereocenters. The molecule has 0 aromatic heterocycles. The van der Waals surface area contributed by atoms with Crippen LogP contribution in [0.5, 0.6) is 0 Å². The number of rotatable bonds is 6. The van der Waals surface area contributed by atoms with Crippen LogP contribution in [0.2, 0.25) is 0 Å². The summed E-state index contributed by atoms with van der Waals surface area (Å²) in [5.74, 6) is 0.872. The molecule has 0 radical (unpaired) electrons. The highest BCUT2D eigenvalue weighted by Gasteiger charge is 2.34. The Labute approximate surface area is 102 Å². The second-order valence-corrected chi connectivity index (χ2v) is 6.00. The number of hydrogen-bond acceptors (Lipinski definition) is 2. The van der Waals surface area contributed by atoms with E-state index in [0.29, 0.717) is 5.41 Å². The van der Waals surface area contributed by atoms with Crippen molar-refractivity contribution in [3.05, 3.63) is 0 Å². The molecule has 0 amide bonds. The van der Waals surface area contributed by atoms with Gasteiger partial charge in [0.15, 0.2) is 0 Å². The van der Waals surface area contributed by atoms with Crippen molar-refractivity contribution in [3.8, 4) is 0 Å². The maximum Gasteiger partial charge on any atom is 0.00471 e. The summed E-state index contributed by atoms with van der Waals surface area (Å²) in [6, 6.07) is 0. The van der Waals surface area contributed by atoms with Gasteiger partial charge in [-0.3, -0.25) is 0 Å². The van der Waals surface area contributed by atoms with Crippen LogP contribution < -0.4 is 5.73 Å². The molecule has 2 unspecified atom stereocenters. The van der Waals surface area contributed by atoms with Crippen LogP contribution >= 0.6 is 0 Å². The zero-order chi connectivity index (χ0) is 12.0. The van der Waals surface area contributed by atoms with Gasteiger partial charge in [-0.2, -0.15) is 0 Å². The van der Waals surface area contributed by atoms with E-state index in [2.05, 4.69) is 25.8 Å². The number of nitrogens with zero attached hydrogens (tertiary/aromatic N) is 1. The van der Waals surface area contributed by atoms with Crippen molar-refractivity contribution in [1.82, 2.24) is 4.90 Å². The average Bonchev–Trinajstić information content (AvgIpc) is 2.26. The molecule has 1 aliphatic rings. The maximum absolute atomic E-state index is 6.05. The third-order valence-electron chi connectivity index (χ3n) is 4.12. The number of hydrogen-bond donors (Lipinski definition) is 1. The first-order valence-corrected chi connectivity index (χ1v) is 7.00. The van der Waals surface area contributed by atoms with E-state index in [4.69, 9.17) is 5.73 Å². The van der Waals surface area contributed by atoms with Crippen LogP contribution in [0.15, 0.2) is 0 Å². The second kappa shape index (κ2) is 6.61. The maximum atomic E-state index is 6.05. The van der Waals surface area contributed by atoms with Crippen LogP contribution in [-0.4, -0.2) is 31.6 Å². The Morgan fingerprint density at radius 1 is 1.44 bits per heavy atom. The van der Waals surface area contributed by atoms with Crippen molar-refractivity contribution < 1.29 is 0 Å². The molecule has 1 rings (SSSR count). The molecular weight excluding hydrogens is 196 g/mol. The highest BCUT2D eigenvalue weighted by Crippen LogP contribution is 2.39. The SMILES string of the molecule is CCCCN(C)CC1(CN)CCCC(C)C1. The molecule has 16 heavy (non-hydrogen) atoms. The highest BCUT2D eigenvalue weighted by atomic mass is 15.1. The summed E-state index contributed by atoms with van der Waals surface area (Å²) in [6.07, 6.45) is 8.05. The lowest BCUT2D eigenvalue weighted by Crippen LogP contribution is -2.44. The average molecular weight is 226 g/mol. The van der Waals surface area contributed by atoms with Gasteiger partial charge in [0, 0.05) is 6.54 Å². The Hall–Kier alpha value is -0.0800. The summed E-state index contributed by atoms with van der Waals surface area (Å²) < 4.78 is 0. The number of nitrogens with two attached hydrogens (primary N) is 1. The van der Waals surface area contributed by atoms with Gasteiger partial charge in [0.2, 0.25) is 0 Å². The summed E-state index contributed by atoms with van der Waals surface area (Å²) in [5.41, 5.74) is 6.47. The fourth-order valence-electron chi connectivity index (χ4n) is 3.24. The van der Waals surface area contributed by atoms with Crippen LogP contribution in [0, 0.1) is 11.3 Å². The monoisotopic (exact) mass is 226 g/mol. The first kappa shape index (κ1) is 14.0. The van der Waals surface area contributed by atoms with Gasteiger partial charge in [-0.25, -0.2) is 0 Å². The number of unbranched alkanes of at least 4 members (excludes halogenated alkanes) is 1.